The lowest BCUT2D eigenvalue weighted by atomic mass is 10.1. The van der Waals surface area contributed by atoms with E-state index < -0.39 is 17.6 Å². The summed E-state index contributed by atoms with van der Waals surface area (Å²) in [5.41, 5.74) is 1.89. The van der Waals surface area contributed by atoms with Crippen LogP contribution in [0.25, 0.3) is 33.7 Å². The smallest absolute Gasteiger partial charge is 0.297 e. The Balaban J connectivity index is 1.53. The van der Waals surface area contributed by atoms with Gasteiger partial charge < -0.3 is 0 Å². The number of benzene rings is 2. The number of nitrogens with zero attached hydrogens (tertiary/aromatic N) is 5. The molecule has 0 aliphatic heterocycles. The van der Waals surface area contributed by atoms with Crippen LogP contribution in [0, 0.1) is 6.92 Å². The molecule has 11 heteroatoms. The normalized spacial score (nSPS) is 11.7. The Morgan fingerprint density at radius 3 is 2.49 bits per heavy atom. The summed E-state index contributed by atoms with van der Waals surface area (Å²) in [6, 6.07) is 16.1. The quantitative estimate of drug-likeness (QED) is 0.345. The van der Waals surface area contributed by atoms with E-state index >= 15 is 0 Å². The van der Waals surface area contributed by atoms with Gasteiger partial charge in [0, 0.05) is 29.7 Å². The molecule has 176 valence electrons. The van der Waals surface area contributed by atoms with Crippen LogP contribution in [-0.4, -0.2) is 30.0 Å². The predicted octanol–water partition coefficient (Wildman–Crippen LogP) is 5.73. The van der Waals surface area contributed by atoms with E-state index in [0.29, 0.717) is 28.0 Å². The Kier molecular flexibility index (Phi) is 5.56. The van der Waals surface area contributed by atoms with Crippen molar-refractivity contribution in [3.63, 3.8) is 0 Å². The molecule has 0 unspecified atom stereocenters. The van der Waals surface area contributed by atoms with Crippen molar-refractivity contribution < 1.29 is 18.0 Å². The minimum absolute atomic E-state index is 0.0785. The van der Waals surface area contributed by atoms with Gasteiger partial charge in [-0.3, -0.25) is 14.8 Å². The predicted molar refractivity (Wildman–Crippen MR) is 127 cm³/mol. The highest BCUT2D eigenvalue weighted by Gasteiger charge is 2.34. The van der Waals surface area contributed by atoms with Crippen molar-refractivity contribution in [1.82, 2.24) is 24.1 Å². The lowest BCUT2D eigenvalue weighted by Gasteiger charge is -2.10. The molecule has 0 atom stereocenters. The zero-order valence-corrected chi connectivity index (χ0v) is 19.3. The Bertz CT molecular complexity index is 1560. The minimum atomic E-state index is -4.56. The maximum Gasteiger partial charge on any atom is 0.417 e. The molecular weight excluding hydrogens is 477 g/mol. The Morgan fingerprint density at radius 1 is 1.03 bits per heavy atom. The van der Waals surface area contributed by atoms with Crippen molar-refractivity contribution in [2.75, 3.05) is 5.32 Å². The van der Waals surface area contributed by atoms with Crippen LogP contribution < -0.4 is 5.32 Å². The monoisotopic (exact) mass is 494 g/mol. The number of pyridine rings is 1. The number of anilines is 1. The van der Waals surface area contributed by atoms with Crippen LogP contribution in [0.2, 0.25) is 0 Å². The maximum atomic E-state index is 13.4. The van der Waals surface area contributed by atoms with Crippen molar-refractivity contribution in [1.29, 1.82) is 0 Å². The van der Waals surface area contributed by atoms with Crippen molar-refractivity contribution in [3.05, 3.63) is 77.5 Å². The number of nitrogens with one attached hydrogen (secondary N) is 1. The lowest BCUT2D eigenvalue weighted by molar-refractivity contribution is -0.137. The molecule has 2 aromatic carbocycles. The first-order valence-electron chi connectivity index (χ1n) is 10.4. The van der Waals surface area contributed by atoms with Gasteiger partial charge in [-0.1, -0.05) is 48.5 Å². The van der Waals surface area contributed by atoms with Crippen LogP contribution >= 0.6 is 11.5 Å². The number of amides is 1. The van der Waals surface area contributed by atoms with E-state index in [9.17, 15) is 18.0 Å². The molecule has 0 aliphatic rings. The molecule has 0 saturated carbocycles. The van der Waals surface area contributed by atoms with Gasteiger partial charge in [0.15, 0.2) is 11.5 Å². The van der Waals surface area contributed by atoms with Gasteiger partial charge >= 0.3 is 6.18 Å². The van der Waals surface area contributed by atoms with Crippen LogP contribution in [-0.2, 0) is 13.2 Å². The van der Waals surface area contributed by atoms with Gasteiger partial charge in [0.2, 0.25) is 5.13 Å². The van der Waals surface area contributed by atoms with Crippen molar-refractivity contribution >= 4 is 33.6 Å². The number of alkyl halides is 3. The highest BCUT2D eigenvalue weighted by atomic mass is 32.1. The van der Waals surface area contributed by atoms with E-state index in [4.69, 9.17) is 0 Å². The number of carbonyl (C=O) groups excluding carboxylic acids is 1. The van der Waals surface area contributed by atoms with E-state index in [2.05, 4.69) is 24.8 Å². The standard InChI is InChI=1S/C24H17F3N6OS/c1-13-19-16(12-18(14-8-4-3-5-9-14)28-21(19)33(2)31-13)22(34)30-23-29-20(32-35-23)15-10-6-7-11-17(15)24(25,26)27/h3-12H,1-2H3,(H,29,30,32,34). The molecule has 35 heavy (non-hydrogen) atoms. The molecule has 3 aromatic heterocycles. The van der Waals surface area contributed by atoms with E-state index in [0.717, 1.165) is 23.2 Å². The lowest BCUT2D eigenvalue weighted by Crippen LogP contribution is -2.13. The second kappa shape index (κ2) is 8.58. The number of hydrogen-bond donors (Lipinski definition) is 1. The zero-order chi connectivity index (χ0) is 24.7. The number of hydrogen-bond acceptors (Lipinski definition) is 6. The zero-order valence-electron chi connectivity index (χ0n) is 18.5. The highest BCUT2D eigenvalue weighted by Crippen LogP contribution is 2.37. The summed E-state index contributed by atoms with van der Waals surface area (Å²) < 4.78 is 45.9. The number of aryl methyl sites for hydroxylation is 2. The van der Waals surface area contributed by atoms with Gasteiger partial charge in [-0.25, -0.2) is 4.98 Å². The average molecular weight is 495 g/mol. The maximum absolute atomic E-state index is 13.4. The molecule has 1 N–H and O–H groups in total. The van der Waals surface area contributed by atoms with Crippen LogP contribution in [0.5, 0.6) is 0 Å². The number of rotatable bonds is 4. The van der Waals surface area contributed by atoms with Gasteiger partial charge in [0.05, 0.1) is 27.9 Å². The SMILES string of the molecule is Cc1nn(C)c2nc(-c3ccccc3)cc(C(=O)Nc3nc(-c4ccccc4C(F)(F)F)ns3)c12. The van der Waals surface area contributed by atoms with Crippen LogP contribution in [0.15, 0.2) is 60.7 Å². The van der Waals surface area contributed by atoms with Crippen LogP contribution in [0.1, 0.15) is 21.6 Å². The largest absolute Gasteiger partial charge is 0.417 e. The molecule has 0 fully saturated rings. The highest BCUT2D eigenvalue weighted by molar-refractivity contribution is 7.10. The van der Waals surface area contributed by atoms with Gasteiger partial charge in [-0.05, 0) is 19.1 Å². The number of fused-ring (bicyclic) bond motifs is 1. The minimum Gasteiger partial charge on any atom is -0.297 e. The second-order valence-corrected chi connectivity index (χ2v) is 8.50. The second-order valence-electron chi connectivity index (χ2n) is 7.75. The molecule has 5 rings (SSSR count). The summed E-state index contributed by atoms with van der Waals surface area (Å²) in [5, 5.41) is 7.73. The van der Waals surface area contributed by atoms with Gasteiger partial charge in [-0.15, -0.1) is 0 Å². The van der Waals surface area contributed by atoms with E-state index in [1.54, 1.807) is 24.7 Å². The van der Waals surface area contributed by atoms with Gasteiger partial charge in [-0.2, -0.15) is 27.6 Å². The Morgan fingerprint density at radius 2 is 1.74 bits per heavy atom. The Labute approximate surface area is 201 Å². The third-order valence-electron chi connectivity index (χ3n) is 5.40. The number of aromatic nitrogens is 5. The average Bonchev–Trinajstić information content (AvgIpc) is 3.42. The summed E-state index contributed by atoms with van der Waals surface area (Å²) in [4.78, 5) is 22.2. The number of carbonyl (C=O) groups is 1. The van der Waals surface area contributed by atoms with Gasteiger partial charge in [0.25, 0.3) is 5.91 Å². The van der Waals surface area contributed by atoms with E-state index in [1.807, 2.05) is 30.3 Å². The van der Waals surface area contributed by atoms with E-state index in [-0.39, 0.29) is 16.5 Å². The van der Waals surface area contributed by atoms with Crippen LogP contribution in [0.3, 0.4) is 0 Å². The number of halogens is 3. The van der Waals surface area contributed by atoms with Gasteiger partial charge in [0.1, 0.15) is 0 Å². The fraction of sp³-hybridized carbons (Fsp3) is 0.125. The van der Waals surface area contributed by atoms with Crippen molar-refractivity contribution in [2.24, 2.45) is 7.05 Å². The van der Waals surface area contributed by atoms with E-state index in [1.165, 1.54) is 18.2 Å². The molecule has 7 nitrogen and oxygen atoms in total. The first-order chi connectivity index (χ1) is 16.7. The summed E-state index contributed by atoms with van der Waals surface area (Å²) in [5.74, 6) is -0.599. The first kappa shape index (κ1) is 22.7. The fourth-order valence-corrected chi connectivity index (χ4v) is 4.43. The summed E-state index contributed by atoms with van der Waals surface area (Å²) in [6.07, 6.45) is -4.56. The molecule has 0 aliphatic carbocycles. The van der Waals surface area contributed by atoms with Crippen molar-refractivity contribution in [3.8, 4) is 22.6 Å². The molecular formula is C24H17F3N6OS. The molecule has 0 bridgehead atoms. The summed E-state index contributed by atoms with van der Waals surface area (Å²) in [7, 11) is 1.74. The fourth-order valence-electron chi connectivity index (χ4n) is 3.85. The molecule has 0 radical (unpaired) electrons. The molecule has 5 aromatic rings. The molecule has 3 heterocycles. The van der Waals surface area contributed by atoms with Crippen LogP contribution in [0.4, 0.5) is 18.3 Å². The van der Waals surface area contributed by atoms with Crippen molar-refractivity contribution in [2.45, 2.75) is 13.1 Å². The summed E-state index contributed by atoms with van der Waals surface area (Å²) in [6.45, 7) is 1.78. The Hall–Kier alpha value is -4.12. The molecule has 1 amide bonds. The molecule has 0 saturated heterocycles. The molecule has 0 spiro atoms. The summed E-state index contributed by atoms with van der Waals surface area (Å²) >= 11 is 0.805. The first-order valence-corrected chi connectivity index (χ1v) is 11.2. The third kappa shape index (κ3) is 4.26. The third-order valence-corrected chi connectivity index (χ3v) is 6.03. The topological polar surface area (TPSA) is 85.6 Å².